The summed E-state index contributed by atoms with van der Waals surface area (Å²) in [5.74, 6) is 6.34. The second kappa shape index (κ2) is 8.00. The fraction of sp³-hybridized carbons (Fsp3) is 0.562. The summed E-state index contributed by atoms with van der Waals surface area (Å²) >= 11 is 0. The monoisotopic (exact) mass is 291 g/mol. The Balaban J connectivity index is 2.19. The molecule has 1 aliphatic rings. The van der Waals surface area contributed by atoms with Crippen molar-refractivity contribution in [2.45, 2.75) is 26.8 Å². The average molecular weight is 291 g/mol. The van der Waals surface area contributed by atoms with Gasteiger partial charge in [0.15, 0.2) is 0 Å². The Morgan fingerprint density at radius 2 is 2.14 bits per heavy atom. The van der Waals surface area contributed by atoms with E-state index < -0.39 is 0 Å². The van der Waals surface area contributed by atoms with Crippen LogP contribution in [-0.4, -0.2) is 43.5 Å². The van der Waals surface area contributed by atoms with Crippen LogP contribution >= 0.6 is 0 Å². The van der Waals surface area contributed by atoms with Gasteiger partial charge in [-0.15, -0.1) is 0 Å². The summed E-state index contributed by atoms with van der Waals surface area (Å²) in [6.07, 6.45) is 1.00. The van der Waals surface area contributed by atoms with Gasteiger partial charge in [0.25, 0.3) is 0 Å². The van der Waals surface area contributed by atoms with Crippen LogP contribution < -0.4 is 10.6 Å². The molecule has 0 saturated carbocycles. The molecule has 0 spiro atoms. The third-order valence-electron chi connectivity index (χ3n) is 3.63. The Hall–Kier alpha value is -1.59. The van der Waals surface area contributed by atoms with Crippen LogP contribution in [0.3, 0.4) is 0 Å². The van der Waals surface area contributed by atoms with Crippen molar-refractivity contribution in [1.82, 2.24) is 4.90 Å². The Bertz CT molecular complexity index is 482. The highest BCUT2D eigenvalue weighted by molar-refractivity contribution is 5.98. The molecule has 0 unspecified atom stereocenters. The second-order valence-electron chi connectivity index (χ2n) is 5.27. The van der Waals surface area contributed by atoms with Crippen LogP contribution in [0.15, 0.2) is 23.3 Å². The second-order valence-corrected chi connectivity index (χ2v) is 5.27. The number of morpholine rings is 1. The molecule has 5 heteroatoms. The van der Waals surface area contributed by atoms with Gasteiger partial charge in [-0.05, 0) is 37.1 Å². The normalized spacial score (nSPS) is 17.0. The minimum atomic E-state index is 0.736. The number of hydrogen-bond acceptors (Lipinski definition) is 5. The maximum Gasteiger partial charge on any atom is 0.123 e. The topological polar surface area (TPSA) is 60.1 Å². The molecular formula is C16H25N3O2. The van der Waals surface area contributed by atoms with Crippen LogP contribution in [0, 0.1) is 0 Å². The Kier molecular flexibility index (Phi) is 6.02. The first-order valence-electron chi connectivity index (χ1n) is 7.55. The summed E-state index contributed by atoms with van der Waals surface area (Å²) < 4.78 is 11.3. The lowest BCUT2D eigenvalue weighted by molar-refractivity contribution is 0.0338. The van der Waals surface area contributed by atoms with E-state index in [-0.39, 0.29) is 0 Å². The summed E-state index contributed by atoms with van der Waals surface area (Å²) in [7, 11) is 0. The zero-order valence-electron chi connectivity index (χ0n) is 13.0. The summed E-state index contributed by atoms with van der Waals surface area (Å²) in [5.41, 5.74) is 3.07. The molecule has 5 nitrogen and oxygen atoms in total. The predicted octanol–water partition coefficient (Wildman–Crippen LogP) is 1.99. The average Bonchev–Trinajstić information content (AvgIpc) is 2.54. The predicted molar refractivity (Wildman–Crippen MR) is 84.7 cm³/mol. The molecule has 0 aliphatic carbocycles. The minimum absolute atomic E-state index is 0.736. The summed E-state index contributed by atoms with van der Waals surface area (Å²) in [6.45, 7) is 9.15. The van der Waals surface area contributed by atoms with Gasteiger partial charge in [-0.3, -0.25) is 4.90 Å². The molecule has 1 aliphatic heterocycles. The van der Waals surface area contributed by atoms with Gasteiger partial charge in [0.1, 0.15) is 5.75 Å². The van der Waals surface area contributed by atoms with E-state index in [2.05, 4.69) is 23.0 Å². The molecule has 1 aromatic carbocycles. The van der Waals surface area contributed by atoms with Gasteiger partial charge in [0.2, 0.25) is 0 Å². The Labute approximate surface area is 126 Å². The van der Waals surface area contributed by atoms with Crippen molar-refractivity contribution in [3.63, 3.8) is 0 Å². The lowest BCUT2D eigenvalue weighted by atomic mass is 10.1. The van der Waals surface area contributed by atoms with E-state index in [0.29, 0.717) is 0 Å². The fourth-order valence-corrected chi connectivity index (χ4v) is 2.36. The highest BCUT2D eigenvalue weighted by Crippen LogP contribution is 2.23. The standard InChI is InChI=1S/C16H25N3O2/c1-3-8-21-16-5-4-14(13(2)18-17)11-15(16)12-19-6-9-20-10-7-19/h4-5,11H,3,6-10,12,17H2,1-2H3/b18-13+. The van der Waals surface area contributed by atoms with E-state index in [9.17, 15) is 0 Å². The van der Waals surface area contributed by atoms with Gasteiger partial charge in [0, 0.05) is 25.2 Å². The van der Waals surface area contributed by atoms with Crippen molar-refractivity contribution in [2.75, 3.05) is 32.9 Å². The molecule has 2 rings (SSSR count). The minimum Gasteiger partial charge on any atom is -0.493 e. The zero-order chi connectivity index (χ0) is 15.1. The van der Waals surface area contributed by atoms with E-state index in [1.165, 1.54) is 5.56 Å². The number of benzene rings is 1. The van der Waals surface area contributed by atoms with Gasteiger partial charge in [-0.2, -0.15) is 5.10 Å². The molecule has 1 saturated heterocycles. The SMILES string of the molecule is CCCOc1ccc(/C(C)=N/N)cc1CN1CCOCC1. The number of rotatable bonds is 6. The number of hydrazone groups is 1. The fourth-order valence-electron chi connectivity index (χ4n) is 2.36. The lowest BCUT2D eigenvalue weighted by Crippen LogP contribution is -2.35. The number of nitrogens with zero attached hydrogens (tertiary/aromatic N) is 2. The van der Waals surface area contributed by atoms with Crippen LogP contribution in [0.1, 0.15) is 31.4 Å². The molecule has 0 bridgehead atoms. The summed E-state index contributed by atoms with van der Waals surface area (Å²) in [5, 5.41) is 3.78. The van der Waals surface area contributed by atoms with Gasteiger partial charge in [-0.25, -0.2) is 0 Å². The van der Waals surface area contributed by atoms with Crippen molar-refractivity contribution in [3.05, 3.63) is 29.3 Å². The van der Waals surface area contributed by atoms with E-state index >= 15 is 0 Å². The highest BCUT2D eigenvalue weighted by atomic mass is 16.5. The quantitative estimate of drug-likeness (QED) is 0.495. The number of hydrogen-bond donors (Lipinski definition) is 1. The molecule has 1 heterocycles. The van der Waals surface area contributed by atoms with Crippen LogP contribution in [0.25, 0.3) is 0 Å². The van der Waals surface area contributed by atoms with Crippen LogP contribution in [-0.2, 0) is 11.3 Å². The largest absolute Gasteiger partial charge is 0.493 e. The third-order valence-corrected chi connectivity index (χ3v) is 3.63. The van der Waals surface area contributed by atoms with Crippen molar-refractivity contribution in [3.8, 4) is 5.75 Å². The molecule has 2 N–H and O–H groups in total. The first-order chi connectivity index (χ1) is 10.2. The van der Waals surface area contributed by atoms with Gasteiger partial charge in [0.05, 0.1) is 25.5 Å². The summed E-state index contributed by atoms with van der Waals surface area (Å²) in [4.78, 5) is 2.39. The molecule has 116 valence electrons. The molecular weight excluding hydrogens is 266 g/mol. The highest BCUT2D eigenvalue weighted by Gasteiger charge is 2.14. The van der Waals surface area contributed by atoms with Crippen molar-refractivity contribution in [1.29, 1.82) is 0 Å². The molecule has 1 aromatic rings. The number of ether oxygens (including phenoxy) is 2. The van der Waals surface area contributed by atoms with E-state index in [0.717, 1.165) is 62.9 Å². The molecule has 0 radical (unpaired) electrons. The van der Waals surface area contributed by atoms with E-state index in [1.54, 1.807) is 0 Å². The van der Waals surface area contributed by atoms with Crippen molar-refractivity contribution in [2.24, 2.45) is 10.9 Å². The molecule has 0 atom stereocenters. The first kappa shape index (κ1) is 15.8. The smallest absolute Gasteiger partial charge is 0.123 e. The number of nitrogens with two attached hydrogens (primary N) is 1. The molecule has 1 fully saturated rings. The van der Waals surface area contributed by atoms with Gasteiger partial charge in [-0.1, -0.05) is 6.92 Å². The molecule has 21 heavy (non-hydrogen) atoms. The van der Waals surface area contributed by atoms with Crippen molar-refractivity contribution >= 4 is 5.71 Å². The third kappa shape index (κ3) is 4.44. The lowest BCUT2D eigenvalue weighted by Gasteiger charge is -2.27. The van der Waals surface area contributed by atoms with Gasteiger partial charge >= 0.3 is 0 Å². The van der Waals surface area contributed by atoms with Gasteiger partial charge < -0.3 is 15.3 Å². The Morgan fingerprint density at radius 3 is 2.81 bits per heavy atom. The van der Waals surface area contributed by atoms with Crippen LogP contribution in [0.2, 0.25) is 0 Å². The first-order valence-corrected chi connectivity index (χ1v) is 7.55. The zero-order valence-corrected chi connectivity index (χ0v) is 13.0. The van der Waals surface area contributed by atoms with E-state index in [4.69, 9.17) is 15.3 Å². The Morgan fingerprint density at radius 1 is 1.38 bits per heavy atom. The molecule has 0 aromatic heterocycles. The van der Waals surface area contributed by atoms with Crippen LogP contribution in [0.5, 0.6) is 5.75 Å². The maximum absolute atomic E-state index is 5.87. The maximum atomic E-state index is 5.87. The van der Waals surface area contributed by atoms with Crippen molar-refractivity contribution < 1.29 is 9.47 Å². The summed E-state index contributed by atoms with van der Waals surface area (Å²) in [6, 6.07) is 6.17. The van der Waals surface area contributed by atoms with E-state index in [1.807, 2.05) is 19.1 Å². The van der Waals surface area contributed by atoms with Crippen LogP contribution in [0.4, 0.5) is 0 Å². The molecule has 0 amide bonds.